The van der Waals surface area contributed by atoms with Gasteiger partial charge in [0.1, 0.15) is 0 Å². The molecule has 2 amide bonds. The predicted molar refractivity (Wildman–Crippen MR) is 81.1 cm³/mol. The van der Waals surface area contributed by atoms with Crippen LogP contribution in [0.4, 0.5) is 0 Å². The zero-order valence-electron chi connectivity index (χ0n) is 13.2. The van der Waals surface area contributed by atoms with Crippen molar-refractivity contribution in [3.63, 3.8) is 0 Å². The first-order valence-corrected chi connectivity index (χ1v) is 9.44. The lowest BCUT2D eigenvalue weighted by atomic mass is 10.2. The van der Waals surface area contributed by atoms with Crippen molar-refractivity contribution in [1.29, 1.82) is 0 Å². The van der Waals surface area contributed by atoms with Gasteiger partial charge in [-0.1, -0.05) is 0 Å². The second-order valence-electron chi connectivity index (χ2n) is 6.10. The lowest BCUT2D eigenvalue weighted by Gasteiger charge is -2.28. The summed E-state index contributed by atoms with van der Waals surface area (Å²) in [5.74, 6) is -0.255. The van der Waals surface area contributed by atoms with E-state index >= 15 is 0 Å². The minimum absolute atomic E-state index is 0.00568. The molecule has 2 rings (SSSR count). The highest BCUT2D eigenvalue weighted by molar-refractivity contribution is 7.91. The van der Waals surface area contributed by atoms with E-state index in [4.69, 9.17) is 4.74 Å². The molecule has 0 aromatic rings. The Balaban J connectivity index is 1.91. The third-order valence-corrected chi connectivity index (χ3v) is 6.12. The molecule has 0 aliphatic carbocycles. The fourth-order valence-electron chi connectivity index (χ4n) is 2.90. The molecule has 0 bridgehead atoms. The van der Waals surface area contributed by atoms with E-state index in [9.17, 15) is 18.0 Å². The SMILES string of the molecule is CC(=O)N(CC(=O)N(C)C1CCS(=O)(=O)C1)CC1CCCO1. The zero-order valence-corrected chi connectivity index (χ0v) is 14.0. The lowest BCUT2D eigenvalue weighted by molar-refractivity contribution is -0.140. The number of hydrogen-bond acceptors (Lipinski definition) is 5. The average Bonchev–Trinajstić information content (AvgIpc) is 3.06. The minimum Gasteiger partial charge on any atom is -0.376 e. The van der Waals surface area contributed by atoms with Crippen molar-refractivity contribution in [3.05, 3.63) is 0 Å². The number of hydrogen-bond donors (Lipinski definition) is 0. The summed E-state index contributed by atoms with van der Waals surface area (Å²) in [6.07, 6.45) is 2.34. The number of amides is 2. The second kappa shape index (κ2) is 6.95. The molecule has 0 saturated carbocycles. The van der Waals surface area contributed by atoms with E-state index in [0.717, 1.165) is 12.8 Å². The number of likely N-dealkylation sites (N-methyl/N-ethyl adjacent to an activating group) is 1. The summed E-state index contributed by atoms with van der Waals surface area (Å²) >= 11 is 0. The summed E-state index contributed by atoms with van der Waals surface area (Å²) in [7, 11) is -1.42. The van der Waals surface area contributed by atoms with Crippen LogP contribution in [0.2, 0.25) is 0 Å². The van der Waals surface area contributed by atoms with Crippen LogP contribution >= 0.6 is 0 Å². The molecule has 2 aliphatic heterocycles. The molecule has 0 aromatic carbocycles. The fraction of sp³-hybridized carbons (Fsp3) is 0.857. The van der Waals surface area contributed by atoms with Gasteiger partial charge in [-0.05, 0) is 19.3 Å². The van der Waals surface area contributed by atoms with E-state index < -0.39 is 9.84 Å². The standard InChI is InChI=1S/C14H24N2O5S/c1-11(17)16(8-13-4-3-6-21-13)9-14(18)15(2)12-5-7-22(19,20)10-12/h12-13H,3-10H2,1-2H3. The van der Waals surface area contributed by atoms with Gasteiger partial charge in [0.05, 0.1) is 24.2 Å². The Morgan fingerprint density at radius 1 is 1.27 bits per heavy atom. The van der Waals surface area contributed by atoms with Gasteiger partial charge in [0.15, 0.2) is 9.84 Å². The Hall–Kier alpha value is -1.15. The molecule has 8 heteroatoms. The highest BCUT2D eigenvalue weighted by Gasteiger charge is 2.33. The second-order valence-corrected chi connectivity index (χ2v) is 8.32. The molecule has 0 radical (unpaired) electrons. The number of rotatable bonds is 5. The zero-order chi connectivity index (χ0) is 16.3. The van der Waals surface area contributed by atoms with Crippen LogP contribution in [-0.4, -0.2) is 80.4 Å². The van der Waals surface area contributed by atoms with Gasteiger partial charge in [0, 0.05) is 33.2 Å². The van der Waals surface area contributed by atoms with Gasteiger partial charge in [0.25, 0.3) is 0 Å². The molecule has 2 fully saturated rings. The predicted octanol–water partition coefficient (Wildman–Crippen LogP) is -0.341. The first kappa shape index (κ1) is 17.2. The molecule has 7 nitrogen and oxygen atoms in total. The topological polar surface area (TPSA) is 84.0 Å². The molecule has 2 unspecified atom stereocenters. The summed E-state index contributed by atoms with van der Waals surface area (Å²) < 4.78 is 28.5. The van der Waals surface area contributed by atoms with E-state index in [1.807, 2.05) is 0 Å². The first-order chi connectivity index (χ1) is 10.3. The first-order valence-electron chi connectivity index (χ1n) is 7.61. The van der Waals surface area contributed by atoms with Crippen molar-refractivity contribution >= 4 is 21.7 Å². The summed E-state index contributed by atoms with van der Waals surface area (Å²) in [5.41, 5.74) is 0. The van der Waals surface area contributed by atoms with Gasteiger partial charge in [-0.2, -0.15) is 0 Å². The monoisotopic (exact) mass is 332 g/mol. The van der Waals surface area contributed by atoms with Gasteiger partial charge in [-0.25, -0.2) is 8.42 Å². The number of sulfone groups is 1. The summed E-state index contributed by atoms with van der Waals surface area (Å²) in [6.45, 7) is 2.52. The Labute approximate surface area is 131 Å². The molecule has 2 atom stereocenters. The number of carbonyl (C=O) groups excluding carboxylic acids is 2. The van der Waals surface area contributed by atoms with Crippen LogP contribution in [0.1, 0.15) is 26.2 Å². The van der Waals surface area contributed by atoms with Crippen molar-refractivity contribution in [2.45, 2.75) is 38.3 Å². The van der Waals surface area contributed by atoms with Crippen LogP contribution < -0.4 is 0 Å². The van der Waals surface area contributed by atoms with Gasteiger partial charge in [-0.3, -0.25) is 9.59 Å². The Morgan fingerprint density at radius 3 is 2.50 bits per heavy atom. The smallest absolute Gasteiger partial charge is 0.242 e. The molecule has 2 heterocycles. The fourth-order valence-corrected chi connectivity index (χ4v) is 4.67. The van der Waals surface area contributed by atoms with E-state index in [2.05, 4.69) is 0 Å². The normalized spacial score (nSPS) is 26.8. The van der Waals surface area contributed by atoms with Crippen LogP contribution in [0.25, 0.3) is 0 Å². The van der Waals surface area contributed by atoms with Crippen LogP contribution in [0.15, 0.2) is 0 Å². The maximum Gasteiger partial charge on any atom is 0.242 e. The van der Waals surface area contributed by atoms with E-state index in [1.54, 1.807) is 7.05 Å². The number of carbonyl (C=O) groups is 2. The van der Waals surface area contributed by atoms with E-state index in [-0.39, 0.29) is 42.0 Å². The van der Waals surface area contributed by atoms with Crippen molar-refractivity contribution in [2.75, 3.05) is 38.2 Å². The van der Waals surface area contributed by atoms with Crippen molar-refractivity contribution in [3.8, 4) is 0 Å². The highest BCUT2D eigenvalue weighted by Crippen LogP contribution is 2.17. The van der Waals surface area contributed by atoms with Gasteiger partial charge in [0.2, 0.25) is 11.8 Å². The van der Waals surface area contributed by atoms with Crippen LogP contribution in [0.5, 0.6) is 0 Å². The molecule has 126 valence electrons. The quantitative estimate of drug-likeness (QED) is 0.688. The molecule has 2 saturated heterocycles. The Morgan fingerprint density at radius 2 is 2.00 bits per heavy atom. The molecule has 0 spiro atoms. The number of ether oxygens (including phenoxy) is 1. The van der Waals surface area contributed by atoms with E-state index in [0.29, 0.717) is 19.6 Å². The van der Waals surface area contributed by atoms with Gasteiger partial charge in [-0.15, -0.1) is 0 Å². The average molecular weight is 332 g/mol. The molecule has 22 heavy (non-hydrogen) atoms. The van der Waals surface area contributed by atoms with Crippen molar-refractivity contribution in [1.82, 2.24) is 9.80 Å². The van der Waals surface area contributed by atoms with E-state index in [1.165, 1.54) is 16.7 Å². The van der Waals surface area contributed by atoms with Crippen molar-refractivity contribution in [2.24, 2.45) is 0 Å². The molecular formula is C14H24N2O5S. The maximum absolute atomic E-state index is 12.3. The third kappa shape index (κ3) is 4.42. The largest absolute Gasteiger partial charge is 0.376 e. The van der Waals surface area contributed by atoms with Crippen LogP contribution in [-0.2, 0) is 24.2 Å². The third-order valence-electron chi connectivity index (χ3n) is 4.37. The maximum atomic E-state index is 12.3. The van der Waals surface area contributed by atoms with Crippen molar-refractivity contribution < 1.29 is 22.7 Å². The molecule has 2 aliphatic rings. The summed E-state index contributed by atoms with van der Waals surface area (Å²) in [6, 6.07) is -0.283. The van der Waals surface area contributed by atoms with Crippen LogP contribution in [0, 0.1) is 0 Å². The molecular weight excluding hydrogens is 308 g/mol. The highest BCUT2D eigenvalue weighted by atomic mass is 32.2. The van der Waals surface area contributed by atoms with Gasteiger partial charge < -0.3 is 14.5 Å². The van der Waals surface area contributed by atoms with Crippen LogP contribution in [0.3, 0.4) is 0 Å². The molecule has 0 aromatic heterocycles. The summed E-state index contributed by atoms with van der Waals surface area (Å²) in [5, 5.41) is 0. The summed E-state index contributed by atoms with van der Waals surface area (Å²) in [4.78, 5) is 27.0. The lowest BCUT2D eigenvalue weighted by Crippen LogP contribution is -2.47. The Bertz CT molecular complexity index is 527. The number of nitrogens with zero attached hydrogens (tertiary/aromatic N) is 2. The minimum atomic E-state index is -3.03. The molecule has 0 N–H and O–H groups in total. The van der Waals surface area contributed by atoms with Gasteiger partial charge >= 0.3 is 0 Å². The Kier molecular flexibility index (Phi) is 5.44.